The highest BCUT2D eigenvalue weighted by atomic mass is 79.9. The van der Waals surface area contributed by atoms with Crippen molar-refractivity contribution >= 4 is 43.2 Å². The van der Waals surface area contributed by atoms with Crippen molar-refractivity contribution in [2.75, 3.05) is 5.33 Å². The zero-order chi connectivity index (χ0) is 13.0. The maximum absolute atomic E-state index is 3.73. The van der Waals surface area contributed by atoms with Crippen molar-refractivity contribution in [3.63, 3.8) is 0 Å². The van der Waals surface area contributed by atoms with E-state index in [4.69, 9.17) is 0 Å². The maximum atomic E-state index is 3.73. The van der Waals surface area contributed by atoms with Gasteiger partial charge in [-0.2, -0.15) is 0 Å². The standard InChI is InChI=1S/C15H16Br2S/c1-2-15(11-16,12-6-4-3-5-7-12)10-13-8-9-14(17)18-13/h3-9H,2,10-11H2,1H3. The molecule has 1 aromatic carbocycles. The fourth-order valence-electron chi connectivity index (χ4n) is 2.22. The van der Waals surface area contributed by atoms with Crippen LogP contribution in [-0.2, 0) is 11.8 Å². The molecule has 0 spiro atoms. The second-order valence-electron chi connectivity index (χ2n) is 4.52. The second kappa shape index (κ2) is 6.36. The maximum Gasteiger partial charge on any atom is 0.0701 e. The number of rotatable bonds is 5. The molecule has 0 bridgehead atoms. The molecule has 0 nitrogen and oxygen atoms in total. The number of alkyl halides is 1. The summed E-state index contributed by atoms with van der Waals surface area (Å²) in [5.41, 5.74) is 1.62. The Balaban J connectivity index is 2.32. The fraction of sp³-hybridized carbons (Fsp3) is 0.333. The van der Waals surface area contributed by atoms with Crippen molar-refractivity contribution in [1.29, 1.82) is 0 Å². The van der Waals surface area contributed by atoms with Gasteiger partial charge in [-0.3, -0.25) is 0 Å². The Morgan fingerprint density at radius 1 is 1.11 bits per heavy atom. The molecule has 96 valence electrons. The monoisotopic (exact) mass is 386 g/mol. The van der Waals surface area contributed by atoms with Gasteiger partial charge in [0.25, 0.3) is 0 Å². The molecule has 18 heavy (non-hydrogen) atoms. The number of thiophene rings is 1. The van der Waals surface area contributed by atoms with E-state index in [1.54, 1.807) is 0 Å². The number of halogens is 2. The summed E-state index contributed by atoms with van der Waals surface area (Å²) in [5.74, 6) is 0. The van der Waals surface area contributed by atoms with Crippen LogP contribution in [0.2, 0.25) is 0 Å². The van der Waals surface area contributed by atoms with Crippen LogP contribution in [-0.4, -0.2) is 5.33 Å². The molecule has 0 saturated heterocycles. The van der Waals surface area contributed by atoms with Gasteiger partial charge < -0.3 is 0 Å². The van der Waals surface area contributed by atoms with Crippen molar-refractivity contribution in [2.24, 2.45) is 0 Å². The third-order valence-electron chi connectivity index (χ3n) is 3.46. The molecule has 1 unspecified atom stereocenters. The Bertz CT molecular complexity index is 486. The molecule has 0 aliphatic rings. The largest absolute Gasteiger partial charge is 0.133 e. The molecule has 0 N–H and O–H groups in total. The van der Waals surface area contributed by atoms with Crippen molar-refractivity contribution in [3.8, 4) is 0 Å². The van der Waals surface area contributed by atoms with E-state index >= 15 is 0 Å². The van der Waals surface area contributed by atoms with Crippen LogP contribution in [0.25, 0.3) is 0 Å². The van der Waals surface area contributed by atoms with Crippen molar-refractivity contribution < 1.29 is 0 Å². The van der Waals surface area contributed by atoms with Crippen LogP contribution < -0.4 is 0 Å². The molecule has 0 amide bonds. The van der Waals surface area contributed by atoms with Gasteiger partial charge in [0.1, 0.15) is 0 Å². The van der Waals surface area contributed by atoms with Crippen molar-refractivity contribution in [2.45, 2.75) is 25.2 Å². The van der Waals surface area contributed by atoms with Crippen molar-refractivity contribution in [1.82, 2.24) is 0 Å². The molecule has 2 aromatic rings. The van der Waals surface area contributed by atoms with E-state index in [9.17, 15) is 0 Å². The average molecular weight is 388 g/mol. The minimum atomic E-state index is 0.200. The van der Waals surface area contributed by atoms with Crippen LogP contribution >= 0.6 is 43.2 Å². The zero-order valence-corrected chi connectivity index (χ0v) is 14.3. The van der Waals surface area contributed by atoms with Gasteiger partial charge in [0.05, 0.1) is 3.79 Å². The Morgan fingerprint density at radius 2 is 1.83 bits per heavy atom. The first-order chi connectivity index (χ1) is 8.70. The molecule has 2 rings (SSSR count). The van der Waals surface area contributed by atoms with Crippen LogP contribution in [0.5, 0.6) is 0 Å². The Morgan fingerprint density at radius 3 is 2.33 bits per heavy atom. The van der Waals surface area contributed by atoms with Gasteiger partial charge in [0.15, 0.2) is 0 Å². The summed E-state index contributed by atoms with van der Waals surface area (Å²) in [7, 11) is 0. The predicted molar refractivity (Wildman–Crippen MR) is 87.9 cm³/mol. The van der Waals surface area contributed by atoms with Gasteiger partial charge in [0.2, 0.25) is 0 Å². The highest BCUT2D eigenvalue weighted by Crippen LogP contribution is 2.36. The lowest BCUT2D eigenvalue weighted by Crippen LogP contribution is -2.29. The highest BCUT2D eigenvalue weighted by Gasteiger charge is 2.29. The lowest BCUT2D eigenvalue weighted by atomic mass is 9.77. The summed E-state index contributed by atoms with van der Waals surface area (Å²) >= 11 is 9.11. The summed E-state index contributed by atoms with van der Waals surface area (Å²) in [6.07, 6.45) is 2.23. The third-order valence-corrected chi connectivity index (χ3v) is 6.16. The molecule has 1 heterocycles. The Hall–Kier alpha value is -0.120. The zero-order valence-electron chi connectivity index (χ0n) is 10.3. The lowest BCUT2D eigenvalue weighted by Gasteiger charge is -2.31. The van der Waals surface area contributed by atoms with E-state index in [1.807, 2.05) is 11.3 Å². The second-order valence-corrected chi connectivity index (χ2v) is 7.62. The van der Waals surface area contributed by atoms with Gasteiger partial charge in [0, 0.05) is 15.6 Å². The first-order valence-electron chi connectivity index (χ1n) is 6.06. The number of hydrogen-bond donors (Lipinski definition) is 0. The van der Waals surface area contributed by atoms with Gasteiger partial charge in [-0.25, -0.2) is 0 Å². The van der Waals surface area contributed by atoms with Crippen LogP contribution in [0.4, 0.5) is 0 Å². The summed E-state index contributed by atoms with van der Waals surface area (Å²) in [6.45, 7) is 2.27. The number of benzene rings is 1. The first kappa shape index (κ1) is 14.3. The Labute approximate surface area is 130 Å². The normalized spacial score (nSPS) is 14.4. The molecule has 0 fully saturated rings. The topological polar surface area (TPSA) is 0 Å². The summed E-state index contributed by atoms with van der Waals surface area (Å²) < 4.78 is 1.21. The molecule has 0 saturated carbocycles. The predicted octanol–water partition coefficient (Wildman–Crippen LogP) is 5.80. The average Bonchev–Trinajstić information content (AvgIpc) is 2.82. The Kier molecular flexibility index (Phi) is 5.05. The van der Waals surface area contributed by atoms with Crippen LogP contribution in [0.15, 0.2) is 46.3 Å². The smallest absolute Gasteiger partial charge is 0.0701 e. The minimum absolute atomic E-state index is 0.200. The molecular weight excluding hydrogens is 372 g/mol. The van der Waals surface area contributed by atoms with E-state index in [1.165, 1.54) is 14.2 Å². The van der Waals surface area contributed by atoms with E-state index in [2.05, 4.69) is 81.2 Å². The SMILES string of the molecule is CCC(CBr)(Cc1ccc(Br)s1)c1ccccc1. The van der Waals surface area contributed by atoms with Crippen LogP contribution in [0.1, 0.15) is 23.8 Å². The van der Waals surface area contributed by atoms with Gasteiger partial charge in [-0.05, 0) is 46.5 Å². The summed E-state index contributed by atoms with van der Waals surface area (Å²) in [6, 6.07) is 15.2. The van der Waals surface area contributed by atoms with Crippen LogP contribution in [0.3, 0.4) is 0 Å². The lowest BCUT2D eigenvalue weighted by molar-refractivity contribution is 0.468. The van der Waals surface area contributed by atoms with Gasteiger partial charge in [-0.15, -0.1) is 11.3 Å². The van der Waals surface area contributed by atoms with E-state index in [-0.39, 0.29) is 5.41 Å². The summed E-state index contributed by atoms with van der Waals surface area (Å²) in [4.78, 5) is 1.44. The molecule has 0 aliphatic heterocycles. The molecule has 0 radical (unpaired) electrons. The van der Waals surface area contributed by atoms with E-state index in [0.717, 1.165) is 18.2 Å². The quantitative estimate of drug-likeness (QED) is 0.569. The van der Waals surface area contributed by atoms with Crippen molar-refractivity contribution in [3.05, 3.63) is 56.7 Å². The highest BCUT2D eigenvalue weighted by molar-refractivity contribution is 9.11. The molecule has 1 aromatic heterocycles. The van der Waals surface area contributed by atoms with Gasteiger partial charge in [-0.1, -0.05) is 53.2 Å². The molecule has 3 heteroatoms. The fourth-order valence-corrected chi connectivity index (χ4v) is 4.77. The molecular formula is C15H16Br2S. The van der Waals surface area contributed by atoms with E-state index in [0.29, 0.717) is 0 Å². The van der Waals surface area contributed by atoms with E-state index < -0.39 is 0 Å². The molecule has 1 atom stereocenters. The van der Waals surface area contributed by atoms with Gasteiger partial charge >= 0.3 is 0 Å². The molecule has 0 aliphatic carbocycles. The summed E-state index contributed by atoms with van der Waals surface area (Å²) in [5, 5.41) is 0.996. The minimum Gasteiger partial charge on any atom is -0.133 e. The third kappa shape index (κ3) is 3.06. The first-order valence-corrected chi connectivity index (χ1v) is 8.79. The van der Waals surface area contributed by atoms with Crippen LogP contribution in [0, 0.1) is 0 Å². The number of hydrogen-bond acceptors (Lipinski definition) is 1.